The third kappa shape index (κ3) is 5.08. The Balaban J connectivity index is 0.977. The second-order valence-corrected chi connectivity index (χ2v) is 17.1. The van der Waals surface area contributed by atoms with Gasteiger partial charge in [0.1, 0.15) is 22.3 Å². The van der Waals surface area contributed by atoms with E-state index in [1.807, 2.05) is 0 Å². The fourth-order valence-electron chi connectivity index (χ4n) is 10.9. The molecule has 0 aliphatic heterocycles. The van der Waals surface area contributed by atoms with Crippen molar-refractivity contribution in [3.05, 3.63) is 218 Å². The van der Waals surface area contributed by atoms with E-state index in [0.717, 1.165) is 55.0 Å². The molecule has 2 heteroatoms. The number of hydrogen-bond donors (Lipinski definition) is 0. The Hall–Kier alpha value is -8.46. The standard InChI is InChI=1S/C62H36O2/c1-2-15-37(16-3-1)58-47-23-10-12-25-49(47)61(50-26-13-11-24-48(50)58)52-28-14-27-51-42-31-29-41(36-56(42)64-62(51)52)60-45-21-8-6-19-43(45)59(44-20-7-9-22-46(44)60)40-30-32-55-53(34-40)54-33-38-17-4-5-18-39(38)35-57(54)63-55/h1-36H. The van der Waals surface area contributed by atoms with Gasteiger partial charge in [0.2, 0.25) is 0 Å². The molecule has 2 nitrogen and oxygen atoms in total. The van der Waals surface area contributed by atoms with Crippen molar-refractivity contribution in [1.82, 2.24) is 0 Å². The van der Waals surface area contributed by atoms with Crippen molar-refractivity contribution in [2.75, 3.05) is 0 Å². The first-order chi connectivity index (χ1) is 31.7. The third-order valence-electron chi connectivity index (χ3n) is 13.6. The normalized spacial score (nSPS) is 12.1. The first-order valence-electron chi connectivity index (χ1n) is 22.0. The van der Waals surface area contributed by atoms with E-state index in [1.54, 1.807) is 0 Å². The lowest BCUT2D eigenvalue weighted by Crippen LogP contribution is -1.90. The minimum Gasteiger partial charge on any atom is -0.456 e. The van der Waals surface area contributed by atoms with Gasteiger partial charge in [-0.3, -0.25) is 0 Å². The van der Waals surface area contributed by atoms with Crippen molar-refractivity contribution in [1.29, 1.82) is 0 Å². The molecule has 14 rings (SSSR count). The predicted molar refractivity (Wildman–Crippen MR) is 270 cm³/mol. The summed E-state index contributed by atoms with van der Waals surface area (Å²) in [5.41, 5.74) is 13.0. The van der Waals surface area contributed by atoms with Gasteiger partial charge in [-0.1, -0.05) is 182 Å². The summed E-state index contributed by atoms with van der Waals surface area (Å²) in [6.45, 7) is 0. The fourth-order valence-corrected chi connectivity index (χ4v) is 10.9. The average Bonchev–Trinajstić information content (AvgIpc) is 3.91. The van der Waals surface area contributed by atoms with Crippen molar-refractivity contribution in [3.8, 4) is 44.5 Å². The Labute approximate surface area is 367 Å². The minimum atomic E-state index is 0.872. The van der Waals surface area contributed by atoms with Crippen LogP contribution >= 0.6 is 0 Å². The molecule has 0 unspecified atom stereocenters. The lowest BCUT2D eigenvalue weighted by molar-refractivity contribution is 0.669. The lowest BCUT2D eigenvalue weighted by Gasteiger charge is -2.17. The molecule has 0 bridgehead atoms. The summed E-state index contributed by atoms with van der Waals surface area (Å²) < 4.78 is 13.6. The summed E-state index contributed by atoms with van der Waals surface area (Å²) in [6, 6.07) is 79.2. The zero-order valence-electron chi connectivity index (χ0n) is 34.6. The number of furan rings is 2. The first-order valence-corrected chi connectivity index (χ1v) is 22.0. The highest BCUT2D eigenvalue weighted by Gasteiger charge is 2.22. The Kier molecular flexibility index (Phi) is 7.43. The molecular formula is C62H36O2. The minimum absolute atomic E-state index is 0.872. The molecule has 0 aliphatic rings. The molecule has 0 atom stereocenters. The molecule has 0 amide bonds. The van der Waals surface area contributed by atoms with Gasteiger partial charge in [0, 0.05) is 32.7 Å². The van der Waals surface area contributed by atoms with E-state index in [2.05, 4.69) is 218 Å². The van der Waals surface area contributed by atoms with Gasteiger partial charge in [-0.25, -0.2) is 0 Å². The highest BCUT2D eigenvalue weighted by Crippen LogP contribution is 2.49. The zero-order chi connectivity index (χ0) is 41.9. The maximum atomic E-state index is 7.12. The Morgan fingerprint density at radius 3 is 1.28 bits per heavy atom. The molecule has 0 radical (unpaired) electrons. The van der Waals surface area contributed by atoms with Crippen LogP contribution in [0.15, 0.2) is 227 Å². The van der Waals surface area contributed by atoms with Crippen LogP contribution in [0.25, 0.3) is 142 Å². The zero-order valence-corrected chi connectivity index (χ0v) is 34.6. The Morgan fingerprint density at radius 2 is 0.672 bits per heavy atom. The van der Waals surface area contributed by atoms with Gasteiger partial charge in [0.05, 0.1) is 0 Å². The molecule has 14 aromatic rings. The molecule has 0 saturated carbocycles. The maximum absolute atomic E-state index is 7.12. The number of rotatable bonds is 4. The molecule has 296 valence electrons. The summed E-state index contributed by atoms with van der Waals surface area (Å²) in [5.74, 6) is 0. The summed E-state index contributed by atoms with van der Waals surface area (Å²) >= 11 is 0. The van der Waals surface area contributed by atoms with Crippen LogP contribution in [0.4, 0.5) is 0 Å². The van der Waals surface area contributed by atoms with E-state index in [-0.39, 0.29) is 0 Å². The highest BCUT2D eigenvalue weighted by atomic mass is 16.3. The van der Waals surface area contributed by atoms with E-state index < -0.39 is 0 Å². The Bertz CT molecular complexity index is 4130. The highest BCUT2D eigenvalue weighted by molar-refractivity contribution is 6.26. The summed E-state index contributed by atoms with van der Waals surface area (Å²) in [7, 11) is 0. The van der Waals surface area contributed by atoms with Crippen LogP contribution in [0.2, 0.25) is 0 Å². The van der Waals surface area contributed by atoms with Crippen molar-refractivity contribution in [2.45, 2.75) is 0 Å². The van der Waals surface area contributed by atoms with Gasteiger partial charge in [-0.15, -0.1) is 0 Å². The topological polar surface area (TPSA) is 26.3 Å². The molecule has 0 spiro atoms. The van der Waals surface area contributed by atoms with Crippen molar-refractivity contribution >= 4 is 97.7 Å². The van der Waals surface area contributed by atoms with E-state index in [4.69, 9.17) is 8.83 Å². The number of para-hydroxylation sites is 1. The van der Waals surface area contributed by atoms with Gasteiger partial charge in [-0.2, -0.15) is 0 Å². The van der Waals surface area contributed by atoms with E-state index in [0.29, 0.717) is 0 Å². The predicted octanol–water partition coefficient (Wildman–Crippen LogP) is 17.9. The molecule has 12 aromatic carbocycles. The van der Waals surface area contributed by atoms with E-state index in [1.165, 1.54) is 87.2 Å². The molecule has 64 heavy (non-hydrogen) atoms. The maximum Gasteiger partial charge on any atom is 0.143 e. The monoisotopic (exact) mass is 812 g/mol. The number of benzene rings is 12. The van der Waals surface area contributed by atoms with Crippen molar-refractivity contribution < 1.29 is 8.83 Å². The number of fused-ring (bicyclic) bond motifs is 11. The van der Waals surface area contributed by atoms with Crippen LogP contribution in [-0.4, -0.2) is 0 Å². The first kappa shape index (κ1) is 35.2. The molecule has 0 fully saturated rings. The summed E-state index contributed by atoms with van der Waals surface area (Å²) in [5, 5.41) is 16.6. The molecule has 2 aromatic heterocycles. The number of hydrogen-bond acceptors (Lipinski definition) is 2. The van der Waals surface area contributed by atoms with Crippen LogP contribution in [0.1, 0.15) is 0 Å². The molecule has 0 N–H and O–H groups in total. The molecule has 2 heterocycles. The SMILES string of the molecule is c1ccc(-c2c3ccccc3c(-c3cccc4c3oc3cc(-c5c6ccccc6c(-c6ccc7oc8cc9ccccc9cc8c7c6)c6ccccc56)ccc34)c3ccccc23)cc1. The van der Waals surface area contributed by atoms with Crippen molar-refractivity contribution in [3.63, 3.8) is 0 Å². The van der Waals surface area contributed by atoms with Crippen LogP contribution < -0.4 is 0 Å². The second-order valence-electron chi connectivity index (χ2n) is 17.1. The summed E-state index contributed by atoms with van der Waals surface area (Å²) in [4.78, 5) is 0. The second kappa shape index (κ2) is 13.5. The fraction of sp³-hybridized carbons (Fsp3) is 0. The smallest absolute Gasteiger partial charge is 0.143 e. The van der Waals surface area contributed by atoms with Gasteiger partial charge in [0.25, 0.3) is 0 Å². The van der Waals surface area contributed by atoms with Gasteiger partial charge in [-0.05, 0) is 124 Å². The van der Waals surface area contributed by atoms with Gasteiger partial charge >= 0.3 is 0 Å². The quantitative estimate of drug-likeness (QED) is 0.166. The third-order valence-corrected chi connectivity index (χ3v) is 13.6. The summed E-state index contributed by atoms with van der Waals surface area (Å²) in [6.07, 6.45) is 0. The Morgan fingerprint density at radius 1 is 0.219 bits per heavy atom. The van der Waals surface area contributed by atoms with Crippen molar-refractivity contribution in [2.24, 2.45) is 0 Å². The lowest BCUT2D eigenvalue weighted by atomic mass is 9.85. The van der Waals surface area contributed by atoms with Gasteiger partial charge in [0.15, 0.2) is 0 Å². The molecular weight excluding hydrogens is 777 g/mol. The van der Waals surface area contributed by atoms with Crippen LogP contribution in [0, 0.1) is 0 Å². The average molecular weight is 813 g/mol. The van der Waals surface area contributed by atoms with Crippen LogP contribution in [-0.2, 0) is 0 Å². The van der Waals surface area contributed by atoms with E-state index in [9.17, 15) is 0 Å². The largest absolute Gasteiger partial charge is 0.456 e. The van der Waals surface area contributed by atoms with Gasteiger partial charge < -0.3 is 8.83 Å². The molecule has 0 saturated heterocycles. The van der Waals surface area contributed by atoms with Crippen LogP contribution in [0.5, 0.6) is 0 Å². The van der Waals surface area contributed by atoms with E-state index >= 15 is 0 Å². The van der Waals surface area contributed by atoms with Crippen LogP contribution in [0.3, 0.4) is 0 Å². The molecule has 0 aliphatic carbocycles.